The molecule has 0 amide bonds. The summed E-state index contributed by atoms with van der Waals surface area (Å²) in [6.07, 6.45) is 9.58. The van der Waals surface area contributed by atoms with Gasteiger partial charge in [0.25, 0.3) is 0 Å². The van der Waals surface area contributed by atoms with Gasteiger partial charge in [-0.15, -0.1) is 11.8 Å². The number of hydrogen-bond acceptors (Lipinski definition) is 5. The fourth-order valence-corrected chi connectivity index (χ4v) is 7.45. The number of benzene rings is 1. The van der Waals surface area contributed by atoms with Gasteiger partial charge >= 0.3 is 0 Å². The van der Waals surface area contributed by atoms with Crippen LogP contribution in [0, 0.1) is 25.2 Å². The molecule has 204 valence electrons. The molecule has 2 fully saturated rings. The van der Waals surface area contributed by atoms with Crippen molar-refractivity contribution in [2.75, 3.05) is 13.7 Å². The monoisotopic (exact) mass is 525 g/mol. The molecule has 6 heteroatoms. The zero-order valence-corrected chi connectivity index (χ0v) is 25.1. The summed E-state index contributed by atoms with van der Waals surface area (Å²) in [6.45, 7) is 16.4. The minimum atomic E-state index is -0.0158. The van der Waals surface area contributed by atoms with Crippen LogP contribution in [0.25, 0.3) is 11.3 Å². The lowest BCUT2D eigenvalue weighted by Crippen LogP contribution is -2.28. The maximum absolute atomic E-state index is 6.23. The molecular formula is C31H47N3O2S. The normalized spacial score (nSPS) is 23.9. The molecule has 2 aliphatic rings. The zero-order valence-electron chi connectivity index (χ0n) is 24.3. The first-order valence-electron chi connectivity index (χ1n) is 14.2. The summed E-state index contributed by atoms with van der Waals surface area (Å²) >= 11 is 1.98. The number of ether oxygens (including phenoxy) is 2. The Bertz CT molecular complexity index is 1110. The molecule has 3 unspecified atom stereocenters. The number of methoxy groups -OCH3 is 1. The second kappa shape index (κ2) is 11.5. The Morgan fingerprint density at radius 1 is 1.22 bits per heavy atom. The zero-order chi connectivity index (χ0) is 26.8. The van der Waals surface area contributed by atoms with E-state index in [1.165, 1.54) is 55.6 Å². The van der Waals surface area contributed by atoms with Gasteiger partial charge in [-0.1, -0.05) is 34.6 Å². The van der Waals surface area contributed by atoms with E-state index in [4.69, 9.17) is 19.6 Å². The minimum Gasteiger partial charge on any atom is -0.496 e. The third-order valence-corrected chi connectivity index (χ3v) is 9.62. The van der Waals surface area contributed by atoms with Crippen LogP contribution in [0.5, 0.6) is 5.75 Å². The Hall–Kier alpha value is -1.79. The molecule has 5 nitrogen and oxygen atoms in total. The number of aromatic nitrogens is 2. The van der Waals surface area contributed by atoms with Crippen molar-refractivity contribution in [2.45, 2.75) is 116 Å². The summed E-state index contributed by atoms with van der Waals surface area (Å²) < 4.78 is 14.1. The summed E-state index contributed by atoms with van der Waals surface area (Å²) in [5.74, 6) is 2.27. The first-order valence-corrected chi connectivity index (χ1v) is 15.1. The molecule has 2 aromatic rings. The van der Waals surface area contributed by atoms with Crippen molar-refractivity contribution in [3.8, 4) is 17.0 Å². The Balaban J connectivity index is 1.68. The molecule has 1 saturated carbocycles. The lowest BCUT2D eigenvalue weighted by molar-refractivity contribution is -0.00773. The fraction of sp³-hybridized carbons (Fsp3) is 0.677. The number of aryl methyl sites for hydroxylation is 2. The third-order valence-electron chi connectivity index (χ3n) is 8.24. The average Bonchev–Trinajstić information content (AvgIpc) is 3.36. The number of hydrogen-bond donors (Lipinski definition) is 0. The van der Waals surface area contributed by atoms with Crippen molar-refractivity contribution in [1.29, 1.82) is 0 Å². The van der Waals surface area contributed by atoms with Crippen LogP contribution >= 0.6 is 11.8 Å². The van der Waals surface area contributed by atoms with Crippen LogP contribution in [0.1, 0.15) is 97.5 Å². The highest BCUT2D eigenvalue weighted by Gasteiger charge is 2.37. The van der Waals surface area contributed by atoms with Crippen molar-refractivity contribution in [3.05, 3.63) is 29.7 Å². The van der Waals surface area contributed by atoms with E-state index in [9.17, 15) is 0 Å². The number of thioether (sulfide) groups is 1. The average molecular weight is 526 g/mol. The Labute approximate surface area is 228 Å². The van der Waals surface area contributed by atoms with Gasteiger partial charge in [0.2, 0.25) is 0 Å². The van der Waals surface area contributed by atoms with Crippen molar-refractivity contribution >= 4 is 17.5 Å². The third kappa shape index (κ3) is 6.27. The van der Waals surface area contributed by atoms with Crippen molar-refractivity contribution in [2.24, 2.45) is 16.4 Å². The smallest absolute Gasteiger partial charge is 0.132 e. The van der Waals surface area contributed by atoms with E-state index in [1.807, 2.05) is 11.8 Å². The van der Waals surface area contributed by atoms with Crippen LogP contribution in [-0.4, -0.2) is 39.9 Å². The van der Waals surface area contributed by atoms with Crippen LogP contribution in [0.3, 0.4) is 0 Å². The minimum absolute atomic E-state index is 0.0158. The molecule has 0 radical (unpaired) electrons. The van der Waals surface area contributed by atoms with E-state index >= 15 is 0 Å². The van der Waals surface area contributed by atoms with Crippen LogP contribution in [0.4, 0.5) is 0 Å². The molecule has 1 aromatic carbocycles. The highest BCUT2D eigenvalue weighted by Crippen LogP contribution is 2.45. The summed E-state index contributed by atoms with van der Waals surface area (Å²) in [6, 6.07) is 6.57. The first kappa shape index (κ1) is 28.2. The van der Waals surface area contributed by atoms with E-state index in [0.29, 0.717) is 11.2 Å². The Morgan fingerprint density at radius 2 is 1.97 bits per heavy atom. The van der Waals surface area contributed by atoms with E-state index in [1.54, 1.807) is 7.11 Å². The first-order chi connectivity index (χ1) is 17.6. The molecule has 1 aromatic heterocycles. The van der Waals surface area contributed by atoms with Gasteiger partial charge in [0.1, 0.15) is 11.6 Å². The van der Waals surface area contributed by atoms with E-state index in [0.717, 1.165) is 41.6 Å². The standard InChI is InChI=1S/C31H47N3O2S/c1-9-21(2)29(30(5,6)7)33-34-23(4)32-22(3)28(34)24-13-14-26(35-8)27(20-24)37-25-12-10-16-31(18-15-25)17-11-19-36-31/h13-14,20-21,25H,9-12,15-19H2,1-8H3/b33-29+. The fourth-order valence-electron chi connectivity index (χ4n) is 6.11. The molecule has 1 aliphatic heterocycles. The molecule has 1 saturated heterocycles. The van der Waals surface area contributed by atoms with Gasteiger partial charge in [0, 0.05) is 28.5 Å². The molecule has 37 heavy (non-hydrogen) atoms. The number of imidazole rings is 1. The van der Waals surface area contributed by atoms with Gasteiger partial charge in [0.15, 0.2) is 0 Å². The highest BCUT2D eigenvalue weighted by molar-refractivity contribution is 8.00. The second-order valence-electron chi connectivity index (χ2n) is 12.1. The lowest BCUT2D eigenvalue weighted by atomic mass is 9.82. The van der Waals surface area contributed by atoms with Gasteiger partial charge in [0.05, 0.1) is 29.0 Å². The Morgan fingerprint density at radius 3 is 2.62 bits per heavy atom. The molecule has 2 heterocycles. The largest absolute Gasteiger partial charge is 0.496 e. The van der Waals surface area contributed by atoms with Gasteiger partial charge in [-0.3, -0.25) is 0 Å². The summed E-state index contributed by atoms with van der Waals surface area (Å²) in [5.41, 5.74) is 4.58. The van der Waals surface area contributed by atoms with Crippen LogP contribution < -0.4 is 4.74 Å². The molecule has 4 rings (SSSR count). The van der Waals surface area contributed by atoms with E-state index in [2.05, 4.69) is 71.3 Å². The van der Waals surface area contributed by atoms with Gasteiger partial charge in [-0.25, -0.2) is 9.66 Å². The predicted molar refractivity (Wildman–Crippen MR) is 156 cm³/mol. The maximum Gasteiger partial charge on any atom is 0.132 e. The Kier molecular flexibility index (Phi) is 8.79. The van der Waals surface area contributed by atoms with Crippen LogP contribution in [0.15, 0.2) is 28.2 Å². The van der Waals surface area contributed by atoms with Crippen LogP contribution in [-0.2, 0) is 4.74 Å². The van der Waals surface area contributed by atoms with Crippen molar-refractivity contribution in [1.82, 2.24) is 9.66 Å². The molecular weight excluding hydrogens is 478 g/mol. The summed E-state index contributed by atoms with van der Waals surface area (Å²) in [7, 11) is 1.78. The lowest BCUT2D eigenvalue weighted by Gasteiger charge is -2.26. The van der Waals surface area contributed by atoms with Gasteiger partial charge in [-0.2, -0.15) is 5.10 Å². The quantitative estimate of drug-likeness (QED) is 0.340. The van der Waals surface area contributed by atoms with E-state index < -0.39 is 0 Å². The number of nitrogens with zero attached hydrogens (tertiary/aromatic N) is 3. The molecule has 1 spiro atoms. The molecule has 0 bridgehead atoms. The van der Waals surface area contributed by atoms with Crippen LogP contribution in [0.2, 0.25) is 0 Å². The summed E-state index contributed by atoms with van der Waals surface area (Å²) in [4.78, 5) is 6.06. The molecule has 1 aliphatic carbocycles. The number of rotatable bonds is 7. The topological polar surface area (TPSA) is 48.6 Å². The van der Waals surface area contributed by atoms with Crippen molar-refractivity contribution < 1.29 is 9.47 Å². The highest BCUT2D eigenvalue weighted by atomic mass is 32.2. The van der Waals surface area contributed by atoms with Gasteiger partial charge in [-0.05, 0) is 89.3 Å². The predicted octanol–water partition coefficient (Wildman–Crippen LogP) is 8.45. The maximum atomic E-state index is 6.23. The molecule has 0 N–H and O–H groups in total. The van der Waals surface area contributed by atoms with Crippen molar-refractivity contribution in [3.63, 3.8) is 0 Å². The summed E-state index contributed by atoms with van der Waals surface area (Å²) in [5, 5.41) is 5.84. The second-order valence-corrected chi connectivity index (χ2v) is 13.5. The SMILES string of the molecule is CCC(C)/C(=N\n1c(C)nc(C)c1-c1ccc(OC)c(SC2CCCC3(CCCO3)CC2)c1)C(C)(C)C. The van der Waals surface area contributed by atoms with E-state index in [-0.39, 0.29) is 11.0 Å². The van der Waals surface area contributed by atoms with Gasteiger partial charge < -0.3 is 9.47 Å². The molecule has 3 atom stereocenters.